The minimum Gasteiger partial charge on any atom is -0.493 e. The lowest BCUT2D eigenvalue weighted by Crippen LogP contribution is -2.27. The standard InChI is InChI=1S/C19H22N2O5S/c1-25-17-7-4-13(10-18(17)26-2)11-19(22)20-15-5-6-16-14(12-15)8-9-21(16)27(3,23)24/h4-7,10,12H,8-9,11H2,1-3H3,(H,20,22). The molecule has 2 aromatic carbocycles. The summed E-state index contributed by atoms with van der Waals surface area (Å²) in [6.07, 6.45) is 2.01. The third-order valence-electron chi connectivity index (χ3n) is 4.43. The van der Waals surface area contributed by atoms with E-state index < -0.39 is 10.0 Å². The van der Waals surface area contributed by atoms with E-state index in [0.717, 1.165) is 11.1 Å². The topological polar surface area (TPSA) is 84.9 Å². The number of fused-ring (bicyclic) bond motifs is 1. The van der Waals surface area contributed by atoms with Gasteiger partial charge in [-0.05, 0) is 47.9 Å². The molecular formula is C19H22N2O5S. The van der Waals surface area contributed by atoms with Crippen LogP contribution >= 0.6 is 0 Å². The highest BCUT2D eigenvalue weighted by molar-refractivity contribution is 7.92. The Balaban J connectivity index is 1.71. The Hall–Kier alpha value is -2.74. The molecule has 0 spiro atoms. The van der Waals surface area contributed by atoms with Crippen LogP contribution in [0.1, 0.15) is 11.1 Å². The monoisotopic (exact) mass is 390 g/mol. The molecule has 0 aliphatic carbocycles. The number of carbonyl (C=O) groups is 1. The van der Waals surface area contributed by atoms with Crippen molar-refractivity contribution in [1.29, 1.82) is 0 Å². The van der Waals surface area contributed by atoms with Crippen LogP contribution < -0.4 is 19.1 Å². The molecule has 0 atom stereocenters. The highest BCUT2D eigenvalue weighted by atomic mass is 32.2. The van der Waals surface area contributed by atoms with Gasteiger partial charge < -0.3 is 14.8 Å². The van der Waals surface area contributed by atoms with Gasteiger partial charge in [0, 0.05) is 12.2 Å². The Morgan fingerprint density at radius 2 is 1.85 bits per heavy atom. The van der Waals surface area contributed by atoms with Gasteiger partial charge in [-0.15, -0.1) is 0 Å². The molecule has 1 amide bonds. The normalized spacial score (nSPS) is 13.2. The predicted molar refractivity (Wildman–Crippen MR) is 104 cm³/mol. The number of rotatable bonds is 6. The van der Waals surface area contributed by atoms with Gasteiger partial charge in [0.05, 0.1) is 32.6 Å². The van der Waals surface area contributed by atoms with Gasteiger partial charge in [0.1, 0.15) is 0 Å². The van der Waals surface area contributed by atoms with E-state index in [1.54, 1.807) is 38.5 Å². The van der Waals surface area contributed by atoms with Gasteiger partial charge in [0.2, 0.25) is 15.9 Å². The zero-order chi connectivity index (χ0) is 19.6. The predicted octanol–water partition coefficient (Wildman–Crippen LogP) is 2.21. The summed E-state index contributed by atoms with van der Waals surface area (Å²) in [6.45, 7) is 0.428. The Labute approximate surface area is 158 Å². The van der Waals surface area contributed by atoms with E-state index in [-0.39, 0.29) is 12.3 Å². The molecule has 0 unspecified atom stereocenters. The second-order valence-corrected chi connectivity index (χ2v) is 8.25. The number of sulfonamides is 1. The summed E-state index contributed by atoms with van der Waals surface area (Å²) >= 11 is 0. The largest absolute Gasteiger partial charge is 0.493 e. The van der Waals surface area contributed by atoms with E-state index in [0.29, 0.717) is 35.8 Å². The molecule has 144 valence electrons. The molecule has 0 aromatic heterocycles. The van der Waals surface area contributed by atoms with Gasteiger partial charge in [-0.25, -0.2) is 8.42 Å². The van der Waals surface area contributed by atoms with Crippen LogP contribution in [0.3, 0.4) is 0 Å². The Kier molecular flexibility index (Phi) is 5.27. The molecule has 2 aromatic rings. The summed E-state index contributed by atoms with van der Waals surface area (Å²) in [5.74, 6) is 1.01. The highest BCUT2D eigenvalue weighted by Gasteiger charge is 2.26. The fourth-order valence-electron chi connectivity index (χ4n) is 3.17. The number of ether oxygens (including phenoxy) is 2. The first-order chi connectivity index (χ1) is 12.8. The van der Waals surface area contributed by atoms with Gasteiger partial charge >= 0.3 is 0 Å². The number of carbonyl (C=O) groups excluding carboxylic acids is 1. The quantitative estimate of drug-likeness (QED) is 0.817. The van der Waals surface area contributed by atoms with Crippen molar-refractivity contribution >= 4 is 27.3 Å². The maximum Gasteiger partial charge on any atom is 0.232 e. The van der Waals surface area contributed by atoms with Crippen molar-refractivity contribution in [1.82, 2.24) is 0 Å². The van der Waals surface area contributed by atoms with Gasteiger partial charge in [0.25, 0.3) is 0 Å². The molecule has 0 fully saturated rings. The van der Waals surface area contributed by atoms with Crippen molar-refractivity contribution < 1.29 is 22.7 Å². The van der Waals surface area contributed by atoms with Crippen molar-refractivity contribution in [3.63, 3.8) is 0 Å². The first-order valence-electron chi connectivity index (χ1n) is 8.43. The smallest absolute Gasteiger partial charge is 0.232 e. The summed E-state index contributed by atoms with van der Waals surface area (Å²) in [6, 6.07) is 10.6. The van der Waals surface area contributed by atoms with Crippen LogP contribution in [0.25, 0.3) is 0 Å². The molecule has 1 aliphatic rings. The van der Waals surface area contributed by atoms with Crippen molar-refractivity contribution in [3.05, 3.63) is 47.5 Å². The van der Waals surface area contributed by atoms with Crippen LogP contribution in [-0.4, -0.2) is 41.3 Å². The molecule has 1 aliphatic heterocycles. The van der Waals surface area contributed by atoms with Crippen molar-refractivity contribution in [2.24, 2.45) is 0 Å². The molecule has 0 radical (unpaired) electrons. The highest BCUT2D eigenvalue weighted by Crippen LogP contribution is 2.32. The van der Waals surface area contributed by atoms with Crippen LogP contribution in [0.2, 0.25) is 0 Å². The fourth-order valence-corrected chi connectivity index (χ4v) is 4.13. The van der Waals surface area contributed by atoms with E-state index in [1.807, 2.05) is 12.1 Å². The molecule has 8 heteroatoms. The number of amides is 1. The van der Waals surface area contributed by atoms with Crippen LogP contribution in [-0.2, 0) is 27.7 Å². The molecule has 0 saturated heterocycles. The van der Waals surface area contributed by atoms with Crippen LogP contribution in [0.5, 0.6) is 11.5 Å². The SMILES string of the molecule is COc1ccc(CC(=O)Nc2ccc3c(c2)CCN3S(C)(=O)=O)cc1OC. The van der Waals surface area contributed by atoms with Gasteiger partial charge in [-0.3, -0.25) is 9.10 Å². The van der Waals surface area contributed by atoms with Crippen LogP contribution in [0.15, 0.2) is 36.4 Å². The van der Waals surface area contributed by atoms with Gasteiger partial charge in [-0.1, -0.05) is 6.07 Å². The molecule has 27 heavy (non-hydrogen) atoms. The lowest BCUT2D eigenvalue weighted by atomic mass is 10.1. The second kappa shape index (κ2) is 7.48. The minimum absolute atomic E-state index is 0.167. The first-order valence-corrected chi connectivity index (χ1v) is 10.3. The van der Waals surface area contributed by atoms with E-state index in [4.69, 9.17) is 9.47 Å². The van der Waals surface area contributed by atoms with Gasteiger partial charge in [0.15, 0.2) is 11.5 Å². The minimum atomic E-state index is -3.28. The number of hydrogen-bond donors (Lipinski definition) is 1. The summed E-state index contributed by atoms with van der Waals surface area (Å²) in [7, 11) is -0.175. The number of benzene rings is 2. The molecule has 1 N–H and O–H groups in total. The molecule has 3 rings (SSSR count). The van der Waals surface area contributed by atoms with Crippen molar-refractivity contribution in [3.8, 4) is 11.5 Å². The molecule has 7 nitrogen and oxygen atoms in total. The first kappa shape index (κ1) is 19.0. The summed E-state index contributed by atoms with van der Waals surface area (Å²) in [4.78, 5) is 12.4. The Bertz CT molecular complexity index is 972. The van der Waals surface area contributed by atoms with E-state index in [1.165, 1.54) is 10.6 Å². The molecule has 0 bridgehead atoms. The average molecular weight is 390 g/mol. The maximum atomic E-state index is 12.4. The van der Waals surface area contributed by atoms with Crippen molar-refractivity contribution in [2.45, 2.75) is 12.8 Å². The zero-order valence-electron chi connectivity index (χ0n) is 15.5. The van der Waals surface area contributed by atoms with Gasteiger partial charge in [-0.2, -0.15) is 0 Å². The average Bonchev–Trinajstić information content (AvgIpc) is 3.05. The molecule has 0 saturated carbocycles. The summed E-state index contributed by atoms with van der Waals surface area (Å²) in [5, 5.41) is 2.86. The number of anilines is 2. The Morgan fingerprint density at radius 1 is 1.11 bits per heavy atom. The number of hydrogen-bond acceptors (Lipinski definition) is 5. The summed E-state index contributed by atoms with van der Waals surface area (Å²) < 4.78 is 35.4. The number of methoxy groups -OCH3 is 2. The summed E-state index contributed by atoms with van der Waals surface area (Å²) in [5.41, 5.74) is 3.03. The zero-order valence-corrected chi connectivity index (χ0v) is 16.3. The number of nitrogens with zero attached hydrogens (tertiary/aromatic N) is 1. The van der Waals surface area contributed by atoms with E-state index in [9.17, 15) is 13.2 Å². The van der Waals surface area contributed by atoms with Crippen LogP contribution in [0, 0.1) is 0 Å². The third-order valence-corrected chi connectivity index (χ3v) is 5.61. The molecule has 1 heterocycles. The van der Waals surface area contributed by atoms with Crippen LogP contribution in [0.4, 0.5) is 11.4 Å². The lowest BCUT2D eigenvalue weighted by molar-refractivity contribution is -0.115. The lowest BCUT2D eigenvalue weighted by Gasteiger charge is -2.16. The maximum absolute atomic E-state index is 12.4. The van der Waals surface area contributed by atoms with E-state index in [2.05, 4.69) is 5.32 Å². The molecular weight excluding hydrogens is 368 g/mol. The Morgan fingerprint density at radius 3 is 2.52 bits per heavy atom. The fraction of sp³-hybridized carbons (Fsp3) is 0.316. The third kappa shape index (κ3) is 4.16. The van der Waals surface area contributed by atoms with Crippen molar-refractivity contribution in [2.75, 3.05) is 36.6 Å². The van der Waals surface area contributed by atoms with E-state index >= 15 is 0 Å². The number of nitrogens with one attached hydrogen (secondary N) is 1. The second-order valence-electron chi connectivity index (χ2n) is 6.34.